The third-order valence-corrected chi connectivity index (χ3v) is 2.21. The van der Waals surface area contributed by atoms with E-state index in [0.29, 0.717) is 4.47 Å². The van der Waals surface area contributed by atoms with Crippen LogP contribution in [0.5, 0.6) is 5.75 Å². The predicted octanol–water partition coefficient (Wildman–Crippen LogP) is 3.66. The average molecular weight is 302 g/mol. The van der Waals surface area contributed by atoms with Crippen molar-refractivity contribution in [1.29, 1.82) is 0 Å². The minimum absolute atomic E-state index is 0.0715. The molecule has 0 aliphatic carbocycles. The van der Waals surface area contributed by atoms with Gasteiger partial charge in [0.25, 0.3) is 0 Å². The Bertz CT molecular complexity index is 392. The summed E-state index contributed by atoms with van der Waals surface area (Å²) in [5.41, 5.74) is 5.18. The third kappa shape index (κ3) is 2.78. The van der Waals surface area contributed by atoms with Gasteiger partial charge in [0.15, 0.2) is 0 Å². The molecular weight excluding hydrogens is 294 g/mol. The SMILES string of the molecule is CC(F)(F)C(F)(F)Oc1ccc(Br)cc1N. The monoisotopic (exact) mass is 301 g/mol. The molecule has 0 aliphatic heterocycles. The Balaban J connectivity index is 2.97. The molecular formula is C9H8BrF4NO. The Hall–Kier alpha value is -0.980. The minimum atomic E-state index is -4.60. The number of anilines is 1. The molecule has 0 unspecified atom stereocenters. The molecule has 0 saturated carbocycles. The predicted molar refractivity (Wildman–Crippen MR) is 54.8 cm³/mol. The van der Waals surface area contributed by atoms with E-state index in [0.717, 1.165) is 6.07 Å². The van der Waals surface area contributed by atoms with E-state index in [1.54, 1.807) is 0 Å². The van der Waals surface area contributed by atoms with E-state index in [-0.39, 0.29) is 12.6 Å². The van der Waals surface area contributed by atoms with E-state index in [4.69, 9.17) is 5.73 Å². The molecule has 0 aliphatic rings. The summed E-state index contributed by atoms with van der Waals surface area (Å²) in [5.74, 6) is -4.78. The van der Waals surface area contributed by atoms with Crippen molar-refractivity contribution in [3.63, 3.8) is 0 Å². The molecule has 16 heavy (non-hydrogen) atoms. The normalized spacial score (nSPS) is 12.6. The van der Waals surface area contributed by atoms with E-state index in [2.05, 4.69) is 20.7 Å². The average Bonchev–Trinajstić information content (AvgIpc) is 2.08. The van der Waals surface area contributed by atoms with E-state index < -0.39 is 17.8 Å². The van der Waals surface area contributed by atoms with Crippen LogP contribution >= 0.6 is 15.9 Å². The second kappa shape index (κ2) is 4.12. The van der Waals surface area contributed by atoms with Crippen LogP contribution < -0.4 is 10.5 Å². The summed E-state index contributed by atoms with van der Waals surface area (Å²) in [6.45, 7) is 0.0715. The molecule has 0 radical (unpaired) electrons. The van der Waals surface area contributed by atoms with Crippen LogP contribution in [-0.4, -0.2) is 12.0 Å². The smallest absolute Gasteiger partial charge is 0.426 e. The highest BCUT2D eigenvalue weighted by Crippen LogP contribution is 2.38. The van der Waals surface area contributed by atoms with Crippen LogP contribution in [0, 0.1) is 0 Å². The summed E-state index contributed by atoms with van der Waals surface area (Å²) in [6.07, 6.45) is -4.60. The van der Waals surface area contributed by atoms with Crippen LogP contribution in [0.15, 0.2) is 22.7 Å². The van der Waals surface area contributed by atoms with Gasteiger partial charge in [-0.25, -0.2) is 0 Å². The number of ether oxygens (including phenoxy) is 1. The quantitative estimate of drug-likeness (QED) is 0.683. The van der Waals surface area contributed by atoms with Crippen LogP contribution in [0.2, 0.25) is 0 Å². The van der Waals surface area contributed by atoms with Crippen molar-refractivity contribution < 1.29 is 22.3 Å². The molecule has 7 heteroatoms. The fourth-order valence-corrected chi connectivity index (χ4v) is 1.22. The second-order valence-corrected chi connectivity index (χ2v) is 4.11. The van der Waals surface area contributed by atoms with Gasteiger partial charge < -0.3 is 10.5 Å². The highest BCUT2D eigenvalue weighted by molar-refractivity contribution is 9.10. The molecule has 0 fully saturated rings. The number of hydrogen-bond acceptors (Lipinski definition) is 2. The van der Waals surface area contributed by atoms with E-state index >= 15 is 0 Å². The second-order valence-electron chi connectivity index (χ2n) is 3.19. The topological polar surface area (TPSA) is 35.2 Å². The van der Waals surface area contributed by atoms with Gasteiger partial charge in [0, 0.05) is 11.4 Å². The maximum absolute atomic E-state index is 12.9. The number of hydrogen-bond donors (Lipinski definition) is 1. The van der Waals surface area contributed by atoms with Gasteiger partial charge in [-0.2, -0.15) is 17.6 Å². The Labute approximate surface area is 97.5 Å². The summed E-state index contributed by atoms with van der Waals surface area (Å²) in [6, 6.07) is 3.72. The van der Waals surface area contributed by atoms with Crippen LogP contribution in [-0.2, 0) is 0 Å². The van der Waals surface area contributed by atoms with Crippen molar-refractivity contribution >= 4 is 21.6 Å². The molecule has 0 heterocycles. The van der Waals surface area contributed by atoms with Crippen LogP contribution in [0.4, 0.5) is 23.2 Å². The first-order valence-corrected chi connectivity index (χ1v) is 4.92. The van der Waals surface area contributed by atoms with Crippen molar-refractivity contribution in [2.75, 3.05) is 5.73 Å². The van der Waals surface area contributed by atoms with Crippen molar-refractivity contribution in [1.82, 2.24) is 0 Å². The van der Waals surface area contributed by atoms with E-state index in [9.17, 15) is 17.6 Å². The maximum atomic E-state index is 12.9. The standard InChI is InChI=1S/C9H8BrF4NO/c1-8(11,12)9(13,14)16-7-3-2-5(10)4-6(7)15/h2-4H,15H2,1H3. The fourth-order valence-electron chi connectivity index (χ4n) is 0.840. The summed E-state index contributed by atoms with van der Waals surface area (Å²) >= 11 is 3.04. The highest BCUT2D eigenvalue weighted by atomic mass is 79.9. The van der Waals surface area contributed by atoms with Crippen molar-refractivity contribution in [2.45, 2.75) is 19.0 Å². The lowest BCUT2D eigenvalue weighted by molar-refractivity contribution is -0.301. The highest BCUT2D eigenvalue weighted by Gasteiger charge is 2.55. The molecule has 2 nitrogen and oxygen atoms in total. The van der Waals surface area contributed by atoms with Gasteiger partial charge in [-0.05, 0) is 18.2 Å². The molecule has 1 aromatic carbocycles. The molecule has 0 amide bonds. The lowest BCUT2D eigenvalue weighted by Crippen LogP contribution is -2.43. The first-order valence-electron chi connectivity index (χ1n) is 4.13. The van der Waals surface area contributed by atoms with Gasteiger partial charge in [-0.15, -0.1) is 0 Å². The first kappa shape index (κ1) is 13.1. The molecule has 90 valence electrons. The number of halogens is 5. The maximum Gasteiger partial charge on any atom is 0.464 e. The lowest BCUT2D eigenvalue weighted by Gasteiger charge is -2.24. The zero-order chi connectivity index (χ0) is 12.6. The Morgan fingerprint density at radius 2 is 1.81 bits per heavy atom. The Kier molecular flexibility index (Phi) is 3.37. The van der Waals surface area contributed by atoms with E-state index in [1.807, 2.05) is 0 Å². The Morgan fingerprint density at radius 1 is 1.25 bits per heavy atom. The molecule has 0 saturated heterocycles. The number of nitrogen functional groups attached to an aromatic ring is 1. The van der Waals surface area contributed by atoms with Gasteiger partial charge in [-0.1, -0.05) is 15.9 Å². The summed E-state index contributed by atoms with van der Waals surface area (Å²) < 4.78 is 55.1. The molecule has 0 spiro atoms. The molecule has 0 aromatic heterocycles. The first-order chi connectivity index (χ1) is 7.13. The van der Waals surface area contributed by atoms with Crippen LogP contribution in [0.25, 0.3) is 0 Å². The van der Waals surface area contributed by atoms with Gasteiger partial charge >= 0.3 is 12.0 Å². The molecule has 0 atom stereocenters. The Morgan fingerprint density at radius 3 is 2.25 bits per heavy atom. The van der Waals surface area contributed by atoms with Crippen molar-refractivity contribution in [3.05, 3.63) is 22.7 Å². The van der Waals surface area contributed by atoms with Crippen LogP contribution in [0.1, 0.15) is 6.92 Å². The third-order valence-electron chi connectivity index (χ3n) is 1.72. The number of alkyl halides is 4. The zero-order valence-electron chi connectivity index (χ0n) is 8.11. The fraction of sp³-hybridized carbons (Fsp3) is 0.333. The van der Waals surface area contributed by atoms with Gasteiger partial charge in [0.05, 0.1) is 5.69 Å². The zero-order valence-corrected chi connectivity index (χ0v) is 9.69. The largest absolute Gasteiger partial charge is 0.464 e. The van der Waals surface area contributed by atoms with Crippen molar-refractivity contribution in [2.24, 2.45) is 0 Å². The van der Waals surface area contributed by atoms with Gasteiger partial charge in [0.2, 0.25) is 0 Å². The molecule has 1 aromatic rings. The molecule has 1 rings (SSSR count). The van der Waals surface area contributed by atoms with E-state index in [1.165, 1.54) is 12.1 Å². The van der Waals surface area contributed by atoms with Crippen molar-refractivity contribution in [3.8, 4) is 5.75 Å². The van der Waals surface area contributed by atoms with Gasteiger partial charge in [-0.3, -0.25) is 0 Å². The lowest BCUT2D eigenvalue weighted by atomic mass is 10.3. The molecule has 2 N–H and O–H groups in total. The number of benzene rings is 1. The minimum Gasteiger partial charge on any atom is -0.426 e. The summed E-state index contributed by atoms with van der Waals surface area (Å²) in [7, 11) is 0. The molecule has 0 bridgehead atoms. The number of rotatable bonds is 3. The summed E-state index contributed by atoms with van der Waals surface area (Å²) in [4.78, 5) is 0. The van der Waals surface area contributed by atoms with Crippen LogP contribution in [0.3, 0.4) is 0 Å². The van der Waals surface area contributed by atoms with Gasteiger partial charge in [0.1, 0.15) is 5.75 Å². The summed E-state index contributed by atoms with van der Waals surface area (Å²) in [5, 5.41) is 0. The number of nitrogens with two attached hydrogens (primary N) is 1.